The highest BCUT2D eigenvalue weighted by Crippen LogP contribution is 2.38. The van der Waals surface area contributed by atoms with E-state index in [1.165, 1.54) is 43.4 Å². The zero-order valence-corrected chi connectivity index (χ0v) is 11.4. The van der Waals surface area contributed by atoms with Gasteiger partial charge in [-0.25, -0.2) is 0 Å². The molecule has 1 saturated carbocycles. The third kappa shape index (κ3) is 2.00. The van der Waals surface area contributed by atoms with Crippen molar-refractivity contribution in [2.45, 2.75) is 44.2 Å². The molecule has 102 valence electrons. The van der Waals surface area contributed by atoms with Crippen LogP contribution in [0, 0.1) is 0 Å². The van der Waals surface area contributed by atoms with E-state index < -0.39 is 0 Å². The maximum Gasteiger partial charge on any atom is 0.124 e. The summed E-state index contributed by atoms with van der Waals surface area (Å²) in [6.07, 6.45) is 6.71. The van der Waals surface area contributed by atoms with Crippen LogP contribution in [0.15, 0.2) is 18.2 Å². The van der Waals surface area contributed by atoms with Crippen molar-refractivity contribution in [1.82, 2.24) is 5.32 Å². The quantitative estimate of drug-likeness (QED) is 0.881. The molecule has 2 heterocycles. The van der Waals surface area contributed by atoms with Crippen LogP contribution >= 0.6 is 0 Å². The number of fused-ring (bicyclic) bond motifs is 3. The first kappa shape index (κ1) is 11.6. The van der Waals surface area contributed by atoms with Gasteiger partial charge < -0.3 is 15.0 Å². The van der Waals surface area contributed by atoms with Gasteiger partial charge in [0, 0.05) is 36.9 Å². The highest BCUT2D eigenvalue weighted by Gasteiger charge is 2.30. The van der Waals surface area contributed by atoms with Gasteiger partial charge in [-0.2, -0.15) is 0 Å². The van der Waals surface area contributed by atoms with Crippen LogP contribution in [0.2, 0.25) is 0 Å². The molecule has 2 aliphatic heterocycles. The number of nitrogens with one attached hydrogen (secondary N) is 1. The van der Waals surface area contributed by atoms with Crippen LogP contribution in [-0.4, -0.2) is 31.8 Å². The number of ether oxygens (including phenoxy) is 1. The van der Waals surface area contributed by atoms with E-state index in [9.17, 15) is 0 Å². The molecule has 1 aromatic carbocycles. The number of benzene rings is 1. The maximum atomic E-state index is 6.19. The van der Waals surface area contributed by atoms with E-state index in [0.29, 0.717) is 12.1 Å². The fraction of sp³-hybridized carbons (Fsp3) is 0.625. The van der Waals surface area contributed by atoms with Gasteiger partial charge in [-0.05, 0) is 44.2 Å². The zero-order chi connectivity index (χ0) is 12.7. The van der Waals surface area contributed by atoms with Crippen LogP contribution in [-0.2, 0) is 6.42 Å². The monoisotopic (exact) mass is 258 g/mol. The first-order valence-corrected chi connectivity index (χ1v) is 7.68. The van der Waals surface area contributed by atoms with Gasteiger partial charge in [0.05, 0.1) is 6.10 Å². The van der Waals surface area contributed by atoms with Gasteiger partial charge in [0.1, 0.15) is 5.75 Å². The third-order valence-corrected chi connectivity index (χ3v) is 4.84. The molecule has 1 saturated heterocycles. The smallest absolute Gasteiger partial charge is 0.124 e. The number of hydrogen-bond acceptors (Lipinski definition) is 3. The van der Waals surface area contributed by atoms with Crippen LogP contribution < -0.4 is 15.0 Å². The molecule has 1 atom stereocenters. The van der Waals surface area contributed by atoms with Gasteiger partial charge in [-0.15, -0.1) is 0 Å². The Labute approximate surface area is 114 Å². The summed E-state index contributed by atoms with van der Waals surface area (Å²) in [5.41, 5.74) is 2.88. The lowest BCUT2D eigenvalue weighted by molar-refractivity contribution is 0.119. The third-order valence-electron chi connectivity index (χ3n) is 4.84. The molecule has 19 heavy (non-hydrogen) atoms. The average molecular weight is 258 g/mol. The Hall–Kier alpha value is -1.22. The highest BCUT2D eigenvalue weighted by atomic mass is 16.5. The Bertz CT molecular complexity index is 470. The van der Waals surface area contributed by atoms with E-state index in [0.717, 1.165) is 25.4 Å². The molecule has 0 aromatic heterocycles. The van der Waals surface area contributed by atoms with Gasteiger partial charge in [0.25, 0.3) is 0 Å². The lowest BCUT2D eigenvalue weighted by Crippen LogP contribution is -2.53. The van der Waals surface area contributed by atoms with Gasteiger partial charge in [-0.3, -0.25) is 0 Å². The summed E-state index contributed by atoms with van der Waals surface area (Å²) >= 11 is 0. The Balaban J connectivity index is 1.64. The van der Waals surface area contributed by atoms with Crippen LogP contribution in [0.5, 0.6) is 5.75 Å². The second-order valence-corrected chi connectivity index (χ2v) is 6.01. The van der Waals surface area contributed by atoms with Crippen molar-refractivity contribution in [3.8, 4) is 5.75 Å². The number of nitrogens with zero attached hydrogens (tertiary/aromatic N) is 1. The molecule has 1 aromatic rings. The number of piperazine rings is 1. The first-order valence-electron chi connectivity index (χ1n) is 7.68. The van der Waals surface area contributed by atoms with Crippen LogP contribution in [0.4, 0.5) is 5.69 Å². The Morgan fingerprint density at radius 3 is 3.00 bits per heavy atom. The molecule has 2 fully saturated rings. The van der Waals surface area contributed by atoms with E-state index in [4.69, 9.17) is 4.74 Å². The predicted octanol–water partition coefficient (Wildman–Crippen LogP) is 2.34. The molecule has 0 spiro atoms. The molecule has 3 aliphatic rings. The van der Waals surface area contributed by atoms with Gasteiger partial charge in [-0.1, -0.05) is 6.07 Å². The summed E-state index contributed by atoms with van der Waals surface area (Å²) in [5.74, 6) is 1.15. The minimum Gasteiger partial charge on any atom is -0.490 e. The Kier molecular flexibility index (Phi) is 2.87. The van der Waals surface area contributed by atoms with E-state index in [-0.39, 0.29) is 0 Å². The van der Waals surface area contributed by atoms with Crippen LogP contribution in [0.1, 0.15) is 31.2 Å². The molecule has 1 aliphatic carbocycles. The lowest BCUT2D eigenvalue weighted by atomic mass is 9.92. The summed E-state index contributed by atoms with van der Waals surface area (Å²) in [7, 11) is 0. The second-order valence-electron chi connectivity index (χ2n) is 6.01. The van der Waals surface area contributed by atoms with E-state index in [1.54, 1.807) is 0 Å². The van der Waals surface area contributed by atoms with Crippen molar-refractivity contribution in [2.75, 3.05) is 24.5 Å². The van der Waals surface area contributed by atoms with Gasteiger partial charge >= 0.3 is 0 Å². The Morgan fingerprint density at radius 2 is 2.16 bits per heavy atom. The molecule has 0 radical (unpaired) electrons. The minimum absolute atomic E-state index is 0.479. The second kappa shape index (κ2) is 4.71. The summed E-state index contributed by atoms with van der Waals surface area (Å²) in [6, 6.07) is 7.29. The van der Waals surface area contributed by atoms with Crippen LogP contribution in [0.25, 0.3) is 0 Å². The fourth-order valence-electron chi connectivity index (χ4n) is 3.50. The van der Waals surface area contributed by atoms with E-state index in [1.807, 2.05) is 0 Å². The molecule has 3 nitrogen and oxygen atoms in total. The van der Waals surface area contributed by atoms with Crippen molar-refractivity contribution in [2.24, 2.45) is 0 Å². The van der Waals surface area contributed by atoms with Gasteiger partial charge in [0.15, 0.2) is 0 Å². The number of rotatable bonds is 2. The molecule has 0 amide bonds. The normalized spacial score (nSPS) is 26.3. The largest absolute Gasteiger partial charge is 0.490 e. The lowest BCUT2D eigenvalue weighted by Gasteiger charge is -2.43. The van der Waals surface area contributed by atoms with Gasteiger partial charge in [0.2, 0.25) is 0 Å². The molecule has 3 heteroatoms. The maximum absolute atomic E-state index is 6.19. The van der Waals surface area contributed by atoms with Crippen molar-refractivity contribution >= 4 is 5.69 Å². The summed E-state index contributed by atoms with van der Waals surface area (Å²) < 4.78 is 6.19. The summed E-state index contributed by atoms with van der Waals surface area (Å²) in [6.45, 7) is 3.36. The van der Waals surface area contributed by atoms with Crippen molar-refractivity contribution in [1.29, 1.82) is 0 Å². The molecule has 1 N–H and O–H groups in total. The number of anilines is 1. The highest BCUT2D eigenvalue weighted by molar-refractivity contribution is 5.62. The number of hydrogen-bond donors (Lipinski definition) is 1. The molecule has 0 bridgehead atoms. The summed E-state index contributed by atoms with van der Waals surface area (Å²) in [5, 5.41) is 3.51. The minimum atomic E-state index is 0.479. The summed E-state index contributed by atoms with van der Waals surface area (Å²) in [4.78, 5) is 2.59. The standard InChI is InChI=1S/C16H22N2O/c1-3-13(4-1)19-16-6-2-5-15-14(16)8-7-12-11-17-9-10-18(12)15/h2,5-6,12-13,17H,1,3-4,7-11H2. The first-order chi connectivity index (χ1) is 9.42. The molecular weight excluding hydrogens is 236 g/mol. The predicted molar refractivity (Wildman–Crippen MR) is 77.0 cm³/mol. The molecule has 1 unspecified atom stereocenters. The van der Waals surface area contributed by atoms with Crippen LogP contribution in [0.3, 0.4) is 0 Å². The zero-order valence-electron chi connectivity index (χ0n) is 11.4. The van der Waals surface area contributed by atoms with Crippen molar-refractivity contribution in [3.05, 3.63) is 23.8 Å². The average Bonchev–Trinajstić information content (AvgIpc) is 2.42. The van der Waals surface area contributed by atoms with E-state index >= 15 is 0 Å². The molecule has 4 rings (SSSR count). The fourth-order valence-corrected chi connectivity index (χ4v) is 3.50. The Morgan fingerprint density at radius 1 is 1.21 bits per heavy atom. The van der Waals surface area contributed by atoms with Crippen molar-refractivity contribution in [3.63, 3.8) is 0 Å². The van der Waals surface area contributed by atoms with Crippen molar-refractivity contribution < 1.29 is 4.74 Å². The SMILES string of the molecule is c1cc(OC2CCC2)c2c(c1)N1CCNCC1CC2. The topological polar surface area (TPSA) is 24.5 Å². The molecular formula is C16H22N2O. The van der Waals surface area contributed by atoms with E-state index in [2.05, 4.69) is 28.4 Å².